The van der Waals surface area contributed by atoms with Crippen molar-refractivity contribution in [1.29, 1.82) is 0 Å². The maximum atomic E-state index is 13.8. The predicted molar refractivity (Wildman–Crippen MR) is 76.2 cm³/mol. The second kappa shape index (κ2) is 5.90. The molecule has 0 spiro atoms. The Morgan fingerprint density at radius 3 is 2.58 bits per heavy atom. The van der Waals surface area contributed by atoms with Crippen LogP contribution in [0.4, 0.5) is 4.39 Å². The van der Waals surface area contributed by atoms with E-state index in [1.807, 2.05) is 0 Å². The molecule has 0 fully saturated rings. The van der Waals surface area contributed by atoms with Gasteiger partial charge in [0.25, 0.3) is 0 Å². The Morgan fingerprint density at radius 1 is 1.26 bits per heavy atom. The Hall–Kier alpha value is -1.10. The van der Waals surface area contributed by atoms with E-state index >= 15 is 0 Å². The SMILES string of the molecule is COc1ccc(C(O)c2ccc(Br)cc2F)cc1Cl. The fourth-order valence-electron chi connectivity index (χ4n) is 1.76. The number of halogens is 3. The van der Waals surface area contributed by atoms with Crippen LogP contribution in [0.2, 0.25) is 5.02 Å². The molecule has 0 amide bonds. The van der Waals surface area contributed by atoms with Crippen LogP contribution in [0.1, 0.15) is 17.2 Å². The average molecular weight is 346 g/mol. The van der Waals surface area contributed by atoms with Crippen LogP contribution in [0.5, 0.6) is 5.75 Å². The summed E-state index contributed by atoms with van der Waals surface area (Å²) in [5, 5.41) is 10.6. The van der Waals surface area contributed by atoms with Crippen molar-refractivity contribution in [2.75, 3.05) is 7.11 Å². The monoisotopic (exact) mass is 344 g/mol. The number of ether oxygens (including phenoxy) is 1. The molecular weight excluding hydrogens is 335 g/mol. The molecule has 0 bridgehead atoms. The molecular formula is C14H11BrClFO2. The quantitative estimate of drug-likeness (QED) is 0.897. The molecule has 0 saturated carbocycles. The van der Waals surface area contributed by atoms with Gasteiger partial charge < -0.3 is 9.84 Å². The fourth-order valence-corrected chi connectivity index (χ4v) is 2.35. The molecule has 0 aliphatic heterocycles. The maximum Gasteiger partial charge on any atom is 0.137 e. The lowest BCUT2D eigenvalue weighted by atomic mass is 10.0. The van der Waals surface area contributed by atoms with Gasteiger partial charge in [-0.15, -0.1) is 0 Å². The Morgan fingerprint density at radius 2 is 2.00 bits per heavy atom. The second-order valence-electron chi connectivity index (χ2n) is 3.96. The highest BCUT2D eigenvalue weighted by atomic mass is 79.9. The third-order valence-corrected chi connectivity index (χ3v) is 3.54. The maximum absolute atomic E-state index is 13.8. The minimum atomic E-state index is -1.07. The molecule has 1 N–H and O–H groups in total. The minimum absolute atomic E-state index is 0.199. The van der Waals surface area contributed by atoms with Crippen LogP contribution >= 0.6 is 27.5 Å². The van der Waals surface area contributed by atoms with E-state index in [1.165, 1.54) is 19.2 Å². The van der Waals surface area contributed by atoms with Gasteiger partial charge in [0.2, 0.25) is 0 Å². The van der Waals surface area contributed by atoms with Crippen LogP contribution in [-0.4, -0.2) is 12.2 Å². The van der Waals surface area contributed by atoms with Gasteiger partial charge in [-0.2, -0.15) is 0 Å². The van der Waals surface area contributed by atoms with E-state index in [0.29, 0.717) is 20.8 Å². The Balaban J connectivity index is 2.38. The second-order valence-corrected chi connectivity index (χ2v) is 5.29. The van der Waals surface area contributed by atoms with Gasteiger partial charge in [-0.25, -0.2) is 4.39 Å². The third-order valence-electron chi connectivity index (χ3n) is 2.75. The summed E-state index contributed by atoms with van der Waals surface area (Å²) in [6.07, 6.45) is -1.07. The van der Waals surface area contributed by atoms with Gasteiger partial charge in [0.05, 0.1) is 12.1 Å². The average Bonchev–Trinajstić information content (AvgIpc) is 2.38. The highest BCUT2D eigenvalue weighted by Gasteiger charge is 2.16. The lowest BCUT2D eigenvalue weighted by Crippen LogP contribution is -2.02. The smallest absolute Gasteiger partial charge is 0.137 e. The number of hydrogen-bond donors (Lipinski definition) is 1. The molecule has 19 heavy (non-hydrogen) atoms. The molecule has 0 saturated heterocycles. The zero-order valence-electron chi connectivity index (χ0n) is 10.0. The molecule has 1 unspecified atom stereocenters. The number of benzene rings is 2. The van der Waals surface area contributed by atoms with Gasteiger partial charge in [0, 0.05) is 10.0 Å². The van der Waals surface area contributed by atoms with E-state index in [2.05, 4.69) is 15.9 Å². The first-order valence-corrected chi connectivity index (χ1v) is 6.66. The van der Waals surface area contributed by atoms with Crippen molar-refractivity contribution in [3.63, 3.8) is 0 Å². The summed E-state index contributed by atoms with van der Waals surface area (Å²) in [5.41, 5.74) is 0.705. The Kier molecular flexibility index (Phi) is 4.45. The van der Waals surface area contributed by atoms with Crippen molar-refractivity contribution in [2.45, 2.75) is 6.10 Å². The number of hydrogen-bond acceptors (Lipinski definition) is 2. The molecule has 0 aromatic heterocycles. The largest absolute Gasteiger partial charge is 0.495 e. The van der Waals surface area contributed by atoms with Gasteiger partial charge in [-0.05, 0) is 29.8 Å². The molecule has 2 aromatic rings. The summed E-state index contributed by atoms with van der Waals surface area (Å²) < 4.78 is 19.4. The summed E-state index contributed by atoms with van der Waals surface area (Å²) >= 11 is 9.16. The van der Waals surface area contributed by atoms with Gasteiger partial charge in [0.15, 0.2) is 0 Å². The highest BCUT2D eigenvalue weighted by Crippen LogP contribution is 2.31. The zero-order chi connectivity index (χ0) is 14.0. The topological polar surface area (TPSA) is 29.5 Å². The van der Waals surface area contributed by atoms with E-state index < -0.39 is 11.9 Å². The molecule has 100 valence electrons. The Bertz CT molecular complexity index is 604. The van der Waals surface area contributed by atoms with Crippen molar-refractivity contribution < 1.29 is 14.2 Å². The summed E-state index contributed by atoms with van der Waals surface area (Å²) in [6, 6.07) is 9.36. The number of aliphatic hydroxyl groups excluding tert-OH is 1. The molecule has 5 heteroatoms. The summed E-state index contributed by atoms with van der Waals surface area (Å²) in [5.74, 6) is 0.0303. The number of aliphatic hydroxyl groups is 1. The predicted octanol–water partition coefficient (Wildman–Crippen LogP) is 4.33. The number of methoxy groups -OCH3 is 1. The van der Waals surface area contributed by atoms with E-state index in [-0.39, 0.29) is 5.56 Å². The van der Waals surface area contributed by atoms with Gasteiger partial charge in [-0.1, -0.05) is 39.7 Å². The third kappa shape index (κ3) is 3.08. The van der Waals surface area contributed by atoms with Crippen LogP contribution < -0.4 is 4.74 Å². The van der Waals surface area contributed by atoms with Crippen molar-refractivity contribution in [3.05, 3.63) is 62.8 Å². The fraction of sp³-hybridized carbons (Fsp3) is 0.143. The van der Waals surface area contributed by atoms with Crippen LogP contribution in [0.3, 0.4) is 0 Å². The van der Waals surface area contributed by atoms with Gasteiger partial charge in [-0.3, -0.25) is 0 Å². The molecule has 1 atom stereocenters. The van der Waals surface area contributed by atoms with E-state index in [1.54, 1.807) is 24.3 Å². The van der Waals surface area contributed by atoms with Crippen molar-refractivity contribution in [1.82, 2.24) is 0 Å². The normalized spacial score (nSPS) is 12.3. The molecule has 2 aromatic carbocycles. The lowest BCUT2D eigenvalue weighted by Gasteiger charge is -2.14. The highest BCUT2D eigenvalue weighted by molar-refractivity contribution is 9.10. The van der Waals surface area contributed by atoms with Gasteiger partial charge in [0.1, 0.15) is 17.7 Å². The minimum Gasteiger partial charge on any atom is -0.495 e. The molecule has 0 radical (unpaired) electrons. The molecule has 0 aliphatic carbocycles. The standard InChI is InChI=1S/C14H11BrClFO2/c1-19-13-5-2-8(6-11(13)16)14(18)10-4-3-9(15)7-12(10)17/h2-7,14,18H,1H3. The first-order valence-electron chi connectivity index (χ1n) is 5.49. The van der Waals surface area contributed by atoms with E-state index in [0.717, 1.165) is 0 Å². The molecule has 2 rings (SSSR count). The van der Waals surface area contributed by atoms with Crippen LogP contribution in [0.25, 0.3) is 0 Å². The van der Waals surface area contributed by atoms with Crippen LogP contribution in [0.15, 0.2) is 40.9 Å². The number of rotatable bonds is 3. The van der Waals surface area contributed by atoms with Gasteiger partial charge >= 0.3 is 0 Å². The zero-order valence-corrected chi connectivity index (χ0v) is 12.4. The molecule has 0 aliphatic rings. The first-order chi connectivity index (χ1) is 9.02. The van der Waals surface area contributed by atoms with Crippen molar-refractivity contribution in [2.24, 2.45) is 0 Å². The summed E-state index contributed by atoms with van der Waals surface area (Å²) in [7, 11) is 1.51. The summed E-state index contributed by atoms with van der Waals surface area (Å²) in [6.45, 7) is 0. The van der Waals surface area contributed by atoms with Crippen molar-refractivity contribution in [3.8, 4) is 5.75 Å². The van der Waals surface area contributed by atoms with E-state index in [4.69, 9.17) is 16.3 Å². The molecule has 0 heterocycles. The first kappa shape index (κ1) is 14.3. The van der Waals surface area contributed by atoms with Crippen LogP contribution in [-0.2, 0) is 0 Å². The van der Waals surface area contributed by atoms with Crippen LogP contribution in [0, 0.1) is 5.82 Å². The molecule has 2 nitrogen and oxygen atoms in total. The van der Waals surface area contributed by atoms with E-state index in [9.17, 15) is 9.50 Å². The summed E-state index contributed by atoms with van der Waals surface area (Å²) in [4.78, 5) is 0. The lowest BCUT2D eigenvalue weighted by molar-refractivity contribution is 0.215. The van der Waals surface area contributed by atoms with Crippen molar-refractivity contribution >= 4 is 27.5 Å². The Labute approximate surface area is 123 Å².